The summed E-state index contributed by atoms with van der Waals surface area (Å²) < 4.78 is 1.58. The summed E-state index contributed by atoms with van der Waals surface area (Å²) in [5.74, 6) is 0. The molecule has 3 nitrogen and oxygen atoms in total. The summed E-state index contributed by atoms with van der Waals surface area (Å²) in [5.41, 5.74) is 1.09. The van der Waals surface area contributed by atoms with Gasteiger partial charge in [0.25, 0.3) is 5.56 Å². The number of nitrogens with zero attached hydrogens (tertiary/aromatic N) is 2. The quantitative estimate of drug-likeness (QED) is 0.837. The van der Waals surface area contributed by atoms with Crippen molar-refractivity contribution in [2.75, 3.05) is 12.1 Å². The first-order valence-electron chi connectivity index (χ1n) is 5.34. The van der Waals surface area contributed by atoms with Gasteiger partial charge in [-0.15, -0.1) is 12.6 Å². The first-order valence-corrected chi connectivity index (χ1v) is 5.78. The molecule has 0 fully saturated rings. The van der Waals surface area contributed by atoms with Crippen molar-refractivity contribution in [3.63, 3.8) is 0 Å². The van der Waals surface area contributed by atoms with E-state index in [0.717, 1.165) is 5.56 Å². The zero-order valence-corrected chi connectivity index (χ0v) is 10.5. The van der Waals surface area contributed by atoms with Gasteiger partial charge in [-0.2, -0.15) is 0 Å². The fourth-order valence-electron chi connectivity index (χ4n) is 1.67. The third-order valence-electron chi connectivity index (χ3n) is 2.51. The fourth-order valence-corrected chi connectivity index (χ4v) is 1.84. The number of thiol groups is 1. The van der Waals surface area contributed by atoms with Gasteiger partial charge in [0.05, 0.1) is 6.54 Å². The lowest BCUT2D eigenvalue weighted by Crippen LogP contribution is -2.37. The van der Waals surface area contributed by atoms with Gasteiger partial charge < -0.3 is 5.01 Å². The van der Waals surface area contributed by atoms with Crippen LogP contribution in [0.1, 0.15) is 5.56 Å². The van der Waals surface area contributed by atoms with Crippen LogP contribution in [0, 0.1) is 0 Å². The molecule has 0 saturated carbocycles. The van der Waals surface area contributed by atoms with E-state index in [-0.39, 0.29) is 5.56 Å². The highest BCUT2D eigenvalue weighted by molar-refractivity contribution is 7.80. The number of aromatic nitrogens is 1. The number of hydrogen-bond acceptors (Lipinski definition) is 3. The molecule has 0 spiro atoms. The normalized spacial score (nSPS) is 10.2. The van der Waals surface area contributed by atoms with Gasteiger partial charge in [-0.1, -0.05) is 30.3 Å². The second kappa shape index (κ2) is 5.10. The molecule has 1 aromatic heterocycles. The summed E-state index contributed by atoms with van der Waals surface area (Å²) in [5, 5.41) is 1.87. The number of benzene rings is 1. The monoisotopic (exact) mass is 246 g/mol. The number of hydrogen-bond donors (Lipinski definition) is 1. The van der Waals surface area contributed by atoms with Gasteiger partial charge in [0.1, 0.15) is 0 Å². The summed E-state index contributed by atoms with van der Waals surface area (Å²) in [6.07, 6.45) is 1.73. The zero-order valence-electron chi connectivity index (χ0n) is 9.58. The molecular formula is C13H14N2OS. The van der Waals surface area contributed by atoms with Crippen molar-refractivity contribution in [2.45, 2.75) is 11.4 Å². The number of rotatable bonds is 3. The van der Waals surface area contributed by atoms with Gasteiger partial charge in [-0.25, -0.2) is 4.68 Å². The van der Waals surface area contributed by atoms with Gasteiger partial charge in [-0.3, -0.25) is 4.79 Å². The molecule has 0 N–H and O–H groups in total. The van der Waals surface area contributed by atoms with Crippen LogP contribution < -0.4 is 10.6 Å². The lowest BCUT2D eigenvalue weighted by molar-refractivity contribution is 0.623. The van der Waals surface area contributed by atoms with Gasteiger partial charge >= 0.3 is 0 Å². The molecule has 88 valence electrons. The van der Waals surface area contributed by atoms with Crippen molar-refractivity contribution in [3.05, 3.63) is 64.6 Å². The summed E-state index contributed by atoms with van der Waals surface area (Å²) in [4.78, 5) is 12.4. The van der Waals surface area contributed by atoms with Crippen LogP contribution in [0.15, 0.2) is 58.4 Å². The maximum atomic E-state index is 11.7. The third kappa shape index (κ3) is 2.91. The van der Waals surface area contributed by atoms with Crippen LogP contribution in [0.4, 0.5) is 0 Å². The van der Waals surface area contributed by atoms with Crippen LogP contribution in [0.3, 0.4) is 0 Å². The van der Waals surface area contributed by atoms with Crippen LogP contribution >= 0.6 is 12.6 Å². The Bertz CT molecular complexity index is 551. The van der Waals surface area contributed by atoms with E-state index in [1.54, 1.807) is 16.9 Å². The summed E-state index contributed by atoms with van der Waals surface area (Å²) in [6.45, 7) is 0.687. The zero-order chi connectivity index (χ0) is 12.3. The molecule has 0 radical (unpaired) electrons. The molecular weight excluding hydrogens is 232 g/mol. The molecule has 1 aromatic carbocycles. The molecule has 0 amide bonds. The average Bonchev–Trinajstić information content (AvgIpc) is 2.30. The Morgan fingerprint density at radius 2 is 1.94 bits per heavy atom. The molecule has 0 saturated heterocycles. The van der Waals surface area contributed by atoms with E-state index in [2.05, 4.69) is 12.6 Å². The summed E-state index contributed by atoms with van der Waals surface area (Å²) >= 11 is 4.14. The van der Waals surface area contributed by atoms with Crippen molar-refractivity contribution in [1.29, 1.82) is 0 Å². The Labute approximate surface area is 106 Å². The van der Waals surface area contributed by atoms with Gasteiger partial charge in [0.2, 0.25) is 0 Å². The molecule has 2 aromatic rings. The highest BCUT2D eigenvalue weighted by Gasteiger charge is 2.02. The molecule has 4 heteroatoms. The van der Waals surface area contributed by atoms with Gasteiger partial charge in [-0.05, 0) is 11.6 Å². The van der Waals surface area contributed by atoms with Crippen molar-refractivity contribution >= 4 is 12.6 Å². The topological polar surface area (TPSA) is 25.2 Å². The van der Waals surface area contributed by atoms with Crippen LogP contribution in [0.5, 0.6) is 0 Å². The molecule has 0 bridgehead atoms. The number of pyridine rings is 1. The Kier molecular flexibility index (Phi) is 3.54. The maximum Gasteiger partial charge on any atom is 0.270 e. The SMILES string of the molecule is CN(Cc1ccccc1)n1ccc(S)cc1=O. The smallest absolute Gasteiger partial charge is 0.270 e. The molecule has 17 heavy (non-hydrogen) atoms. The molecule has 0 aliphatic rings. The molecule has 0 atom stereocenters. The third-order valence-corrected chi connectivity index (χ3v) is 2.78. The Morgan fingerprint density at radius 3 is 2.59 bits per heavy atom. The van der Waals surface area contributed by atoms with Gasteiger partial charge in [0, 0.05) is 24.2 Å². The van der Waals surface area contributed by atoms with Crippen molar-refractivity contribution in [3.8, 4) is 0 Å². The minimum Gasteiger partial charge on any atom is -0.309 e. The lowest BCUT2D eigenvalue weighted by atomic mass is 10.2. The van der Waals surface area contributed by atoms with Crippen LogP contribution in [-0.2, 0) is 6.54 Å². The Hall–Kier alpha value is -1.68. The van der Waals surface area contributed by atoms with E-state index in [9.17, 15) is 4.79 Å². The summed E-state index contributed by atoms with van der Waals surface area (Å²) in [7, 11) is 1.88. The van der Waals surface area contributed by atoms with Gasteiger partial charge in [0.15, 0.2) is 0 Å². The van der Waals surface area contributed by atoms with E-state index in [1.165, 1.54) is 6.07 Å². The minimum absolute atomic E-state index is 0.0732. The van der Waals surface area contributed by atoms with Crippen LogP contribution in [-0.4, -0.2) is 11.7 Å². The Morgan fingerprint density at radius 1 is 1.24 bits per heavy atom. The molecule has 0 unspecified atom stereocenters. The first kappa shape index (κ1) is 11.8. The second-order valence-corrected chi connectivity index (χ2v) is 4.39. The molecule has 2 rings (SSSR count). The Balaban J connectivity index is 2.20. The molecule has 1 heterocycles. The van der Waals surface area contributed by atoms with Crippen molar-refractivity contribution < 1.29 is 0 Å². The van der Waals surface area contributed by atoms with Crippen molar-refractivity contribution in [2.24, 2.45) is 0 Å². The van der Waals surface area contributed by atoms with E-state index in [0.29, 0.717) is 11.4 Å². The van der Waals surface area contributed by atoms with Crippen LogP contribution in [0.2, 0.25) is 0 Å². The standard InChI is InChI=1S/C13H14N2OS/c1-14(10-11-5-3-2-4-6-11)15-8-7-12(17)9-13(15)16/h2-9,17H,10H2,1H3. The average molecular weight is 246 g/mol. The van der Waals surface area contributed by atoms with Crippen molar-refractivity contribution in [1.82, 2.24) is 4.68 Å². The minimum atomic E-state index is -0.0732. The molecule has 0 aliphatic carbocycles. The predicted octanol–water partition coefficient (Wildman–Crippen LogP) is 1.91. The predicted molar refractivity (Wildman–Crippen MR) is 72.2 cm³/mol. The second-order valence-electron chi connectivity index (χ2n) is 3.87. The van der Waals surface area contributed by atoms with E-state index in [4.69, 9.17) is 0 Å². The molecule has 0 aliphatic heterocycles. The summed E-state index contributed by atoms with van der Waals surface area (Å²) in [6, 6.07) is 13.3. The van der Waals surface area contributed by atoms with E-state index < -0.39 is 0 Å². The highest BCUT2D eigenvalue weighted by Crippen LogP contribution is 2.03. The van der Waals surface area contributed by atoms with E-state index >= 15 is 0 Å². The highest BCUT2D eigenvalue weighted by atomic mass is 32.1. The largest absolute Gasteiger partial charge is 0.309 e. The van der Waals surface area contributed by atoms with Crippen LogP contribution in [0.25, 0.3) is 0 Å². The van der Waals surface area contributed by atoms with E-state index in [1.807, 2.05) is 42.4 Å². The maximum absolute atomic E-state index is 11.7. The first-order chi connectivity index (χ1) is 8.16. The lowest BCUT2D eigenvalue weighted by Gasteiger charge is -2.21. The fraction of sp³-hybridized carbons (Fsp3) is 0.154.